The first-order chi connectivity index (χ1) is 7.29. The number of anilines is 1. The number of oxazole rings is 1. The van der Waals surface area contributed by atoms with Crippen LogP contribution >= 0.6 is 11.3 Å². The quantitative estimate of drug-likeness (QED) is 0.821. The number of aliphatic hydroxyl groups excluding tert-OH is 1. The summed E-state index contributed by atoms with van der Waals surface area (Å²) >= 11 is 1.37. The first-order valence-corrected chi connectivity index (χ1v) is 5.10. The second-order valence-electron chi connectivity index (χ2n) is 2.76. The SMILES string of the molecule is Nc1nc(/C=C/c2ncoc2CO)cs1. The number of thiazole rings is 1. The van der Waals surface area contributed by atoms with E-state index in [2.05, 4.69) is 9.97 Å². The van der Waals surface area contributed by atoms with Crippen LogP contribution in [0.2, 0.25) is 0 Å². The van der Waals surface area contributed by atoms with Crippen LogP contribution in [0.15, 0.2) is 16.2 Å². The topological polar surface area (TPSA) is 85.2 Å². The lowest BCUT2D eigenvalue weighted by Crippen LogP contribution is -1.84. The summed E-state index contributed by atoms with van der Waals surface area (Å²) in [4.78, 5) is 7.99. The van der Waals surface area contributed by atoms with Gasteiger partial charge in [0.25, 0.3) is 0 Å². The van der Waals surface area contributed by atoms with Crippen molar-refractivity contribution in [3.63, 3.8) is 0 Å². The average molecular weight is 223 g/mol. The number of rotatable bonds is 3. The Balaban J connectivity index is 2.18. The summed E-state index contributed by atoms with van der Waals surface area (Å²) in [6.07, 6.45) is 4.79. The van der Waals surface area contributed by atoms with Crippen molar-refractivity contribution in [2.75, 3.05) is 5.73 Å². The zero-order valence-corrected chi connectivity index (χ0v) is 8.57. The van der Waals surface area contributed by atoms with E-state index in [-0.39, 0.29) is 6.61 Å². The molecule has 0 bridgehead atoms. The highest BCUT2D eigenvalue weighted by molar-refractivity contribution is 7.13. The summed E-state index contributed by atoms with van der Waals surface area (Å²) in [5, 5.41) is 11.3. The molecule has 2 aromatic heterocycles. The van der Waals surface area contributed by atoms with Gasteiger partial charge in [0.2, 0.25) is 0 Å². The lowest BCUT2D eigenvalue weighted by atomic mass is 10.3. The molecule has 2 rings (SSSR count). The summed E-state index contributed by atoms with van der Waals surface area (Å²) in [7, 11) is 0. The van der Waals surface area contributed by atoms with Crippen molar-refractivity contribution >= 4 is 28.6 Å². The predicted octanol–water partition coefficient (Wildman–Crippen LogP) is 1.38. The summed E-state index contributed by atoms with van der Waals surface area (Å²) in [5.74, 6) is 0.439. The van der Waals surface area contributed by atoms with Crippen LogP contribution in [-0.4, -0.2) is 15.1 Å². The highest BCUT2D eigenvalue weighted by atomic mass is 32.1. The Morgan fingerprint density at radius 2 is 2.40 bits per heavy atom. The van der Waals surface area contributed by atoms with E-state index < -0.39 is 0 Å². The van der Waals surface area contributed by atoms with Gasteiger partial charge in [-0.1, -0.05) is 0 Å². The molecule has 0 aliphatic heterocycles. The number of nitrogens with two attached hydrogens (primary N) is 1. The van der Waals surface area contributed by atoms with Crippen molar-refractivity contribution in [2.45, 2.75) is 6.61 Å². The van der Waals surface area contributed by atoms with Gasteiger partial charge in [0.15, 0.2) is 17.3 Å². The summed E-state index contributed by atoms with van der Waals surface area (Å²) < 4.78 is 4.95. The van der Waals surface area contributed by atoms with Gasteiger partial charge in [-0.2, -0.15) is 0 Å². The fraction of sp³-hybridized carbons (Fsp3) is 0.111. The van der Waals surface area contributed by atoms with E-state index in [1.807, 2.05) is 5.38 Å². The first-order valence-electron chi connectivity index (χ1n) is 4.22. The van der Waals surface area contributed by atoms with E-state index in [9.17, 15) is 0 Å². The molecule has 2 aromatic rings. The molecule has 0 aromatic carbocycles. The van der Waals surface area contributed by atoms with Gasteiger partial charge >= 0.3 is 0 Å². The Bertz CT molecular complexity index is 475. The lowest BCUT2D eigenvalue weighted by Gasteiger charge is -1.88. The van der Waals surface area contributed by atoms with Crippen LogP contribution in [0, 0.1) is 0 Å². The summed E-state index contributed by atoms with van der Waals surface area (Å²) in [5.41, 5.74) is 6.85. The Morgan fingerprint density at radius 3 is 3.07 bits per heavy atom. The maximum atomic E-state index is 8.91. The number of aliphatic hydroxyl groups is 1. The summed E-state index contributed by atoms with van der Waals surface area (Å²) in [6, 6.07) is 0. The number of hydrogen-bond acceptors (Lipinski definition) is 6. The van der Waals surface area contributed by atoms with Gasteiger partial charge < -0.3 is 15.3 Å². The number of nitrogens with zero attached hydrogens (tertiary/aromatic N) is 2. The Morgan fingerprint density at radius 1 is 1.53 bits per heavy atom. The van der Waals surface area contributed by atoms with Crippen molar-refractivity contribution in [3.05, 3.63) is 28.9 Å². The minimum Gasteiger partial charge on any atom is -0.445 e. The molecule has 0 saturated heterocycles. The molecule has 0 aliphatic rings. The maximum absolute atomic E-state index is 8.91. The zero-order chi connectivity index (χ0) is 10.7. The maximum Gasteiger partial charge on any atom is 0.181 e. The van der Waals surface area contributed by atoms with Crippen LogP contribution < -0.4 is 5.73 Å². The number of aromatic nitrogens is 2. The normalized spacial score (nSPS) is 11.3. The summed E-state index contributed by atoms with van der Waals surface area (Å²) in [6.45, 7) is -0.168. The highest BCUT2D eigenvalue weighted by Crippen LogP contribution is 2.15. The molecule has 0 amide bonds. The lowest BCUT2D eigenvalue weighted by molar-refractivity contribution is 0.247. The van der Waals surface area contributed by atoms with Crippen LogP contribution in [0.1, 0.15) is 17.1 Å². The molecule has 0 fully saturated rings. The fourth-order valence-electron chi connectivity index (χ4n) is 1.07. The molecule has 3 N–H and O–H groups in total. The number of nitrogen functional groups attached to an aromatic ring is 1. The van der Waals surface area contributed by atoms with Crippen LogP contribution in [0.3, 0.4) is 0 Å². The van der Waals surface area contributed by atoms with Crippen molar-refractivity contribution in [3.8, 4) is 0 Å². The fourth-order valence-corrected chi connectivity index (χ4v) is 1.61. The Hall–Kier alpha value is -1.66. The zero-order valence-electron chi connectivity index (χ0n) is 7.75. The average Bonchev–Trinajstić information content (AvgIpc) is 2.83. The molecule has 78 valence electrons. The van der Waals surface area contributed by atoms with Crippen molar-refractivity contribution in [1.82, 2.24) is 9.97 Å². The van der Waals surface area contributed by atoms with E-state index in [4.69, 9.17) is 15.3 Å². The molecule has 0 spiro atoms. The molecule has 5 nitrogen and oxygen atoms in total. The van der Waals surface area contributed by atoms with E-state index in [1.165, 1.54) is 17.7 Å². The third-order valence-corrected chi connectivity index (χ3v) is 2.46. The van der Waals surface area contributed by atoms with Crippen molar-refractivity contribution < 1.29 is 9.52 Å². The van der Waals surface area contributed by atoms with Crippen molar-refractivity contribution in [1.29, 1.82) is 0 Å². The molecule has 0 aliphatic carbocycles. The second-order valence-corrected chi connectivity index (χ2v) is 3.65. The van der Waals surface area contributed by atoms with Gasteiger partial charge in [0.1, 0.15) is 12.3 Å². The molecule has 0 saturated carbocycles. The van der Waals surface area contributed by atoms with Gasteiger partial charge in [0.05, 0.1) is 5.69 Å². The largest absolute Gasteiger partial charge is 0.445 e. The van der Waals surface area contributed by atoms with E-state index in [0.717, 1.165) is 5.69 Å². The monoisotopic (exact) mass is 223 g/mol. The van der Waals surface area contributed by atoms with Crippen molar-refractivity contribution in [2.24, 2.45) is 0 Å². The van der Waals surface area contributed by atoms with E-state index in [1.54, 1.807) is 12.2 Å². The van der Waals surface area contributed by atoms with Gasteiger partial charge in [-0.25, -0.2) is 9.97 Å². The third-order valence-electron chi connectivity index (χ3n) is 1.77. The van der Waals surface area contributed by atoms with E-state index in [0.29, 0.717) is 16.6 Å². The van der Waals surface area contributed by atoms with Gasteiger partial charge in [0, 0.05) is 5.38 Å². The third kappa shape index (κ3) is 2.23. The van der Waals surface area contributed by atoms with Crippen LogP contribution in [-0.2, 0) is 6.61 Å². The molecule has 0 radical (unpaired) electrons. The minimum atomic E-state index is -0.168. The Labute approximate surface area is 89.9 Å². The van der Waals surface area contributed by atoms with Gasteiger partial charge in [-0.15, -0.1) is 11.3 Å². The standard InChI is InChI=1S/C9H9N3O2S/c10-9-12-6(4-15-9)1-2-7-8(3-13)14-5-11-7/h1-2,4-5,13H,3H2,(H2,10,12)/b2-1+. The minimum absolute atomic E-state index is 0.168. The number of hydrogen-bond donors (Lipinski definition) is 2. The van der Waals surface area contributed by atoms with Crippen LogP contribution in [0.5, 0.6) is 0 Å². The first kappa shape index (κ1) is 9.88. The predicted molar refractivity (Wildman–Crippen MR) is 57.9 cm³/mol. The molecular formula is C9H9N3O2S. The second kappa shape index (κ2) is 4.24. The highest BCUT2D eigenvalue weighted by Gasteiger charge is 2.02. The van der Waals surface area contributed by atoms with Crippen LogP contribution in [0.25, 0.3) is 12.2 Å². The molecular weight excluding hydrogens is 214 g/mol. The van der Waals surface area contributed by atoms with Gasteiger partial charge in [-0.3, -0.25) is 0 Å². The van der Waals surface area contributed by atoms with Gasteiger partial charge in [-0.05, 0) is 12.2 Å². The van der Waals surface area contributed by atoms with E-state index >= 15 is 0 Å². The Kier molecular flexibility index (Phi) is 2.79. The molecule has 6 heteroatoms. The van der Waals surface area contributed by atoms with Crippen LogP contribution in [0.4, 0.5) is 5.13 Å². The molecule has 15 heavy (non-hydrogen) atoms. The molecule has 0 atom stereocenters. The molecule has 2 heterocycles. The smallest absolute Gasteiger partial charge is 0.181 e. The molecule has 0 unspecified atom stereocenters.